The molecule has 3 heterocycles. The molecule has 0 radical (unpaired) electrons. The largest absolute Gasteiger partial charge is 0.497 e. The Morgan fingerprint density at radius 2 is 1.48 bits per heavy atom. The van der Waals surface area contributed by atoms with Gasteiger partial charge in [-0.1, -0.05) is 54.6 Å². The van der Waals surface area contributed by atoms with E-state index < -0.39 is 45.3 Å². The molecular weight excluding hydrogens is 634 g/mol. The van der Waals surface area contributed by atoms with Gasteiger partial charge in [0.2, 0.25) is 5.91 Å². The number of hydrogen-bond acceptors (Lipinski definition) is 10. The van der Waals surface area contributed by atoms with Crippen LogP contribution in [0.2, 0.25) is 0 Å². The van der Waals surface area contributed by atoms with E-state index in [0.29, 0.717) is 11.5 Å². The molecule has 250 valence electrons. The number of primary amides is 1. The first-order valence-electron chi connectivity index (χ1n) is 15.3. The van der Waals surface area contributed by atoms with Gasteiger partial charge in [0.05, 0.1) is 38.5 Å². The number of aromatic nitrogens is 4. The molecule has 0 unspecified atom stereocenters. The summed E-state index contributed by atoms with van der Waals surface area (Å²) in [5, 5.41) is 21.4. The maximum atomic E-state index is 12.9. The van der Waals surface area contributed by atoms with Gasteiger partial charge in [-0.05, 0) is 54.8 Å². The zero-order valence-electron chi connectivity index (χ0n) is 26.9. The number of thioether (sulfide) groups is 1. The number of amides is 1. The molecule has 5 aromatic rings. The summed E-state index contributed by atoms with van der Waals surface area (Å²) >= 11 is 1.28. The maximum absolute atomic E-state index is 12.9. The van der Waals surface area contributed by atoms with E-state index in [-0.39, 0.29) is 23.6 Å². The lowest BCUT2D eigenvalue weighted by Crippen LogP contribution is -2.39. The van der Waals surface area contributed by atoms with Crippen LogP contribution in [0, 0.1) is 0 Å². The summed E-state index contributed by atoms with van der Waals surface area (Å²) in [6.07, 6.45) is -1.07. The number of imidazole rings is 1. The van der Waals surface area contributed by atoms with Gasteiger partial charge in [-0.3, -0.25) is 14.2 Å². The van der Waals surface area contributed by atoms with Crippen molar-refractivity contribution in [3.63, 3.8) is 0 Å². The molecule has 6 rings (SSSR count). The van der Waals surface area contributed by atoms with Gasteiger partial charge in [-0.2, -0.15) is 0 Å². The number of nitrogens with one attached hydrogen (secondary N) is 1. The molecule has 0 spiro atoms. The van der Waals surface area contributed by atoms with Gasteiger partial charge in [0, 0.05) is 0 Å². The van der Waals surface area contributed by atoms with E-state index in [1.165, 1.54) is 18.1 Å². The van der Waals surface area contributed by atoms with Crippen LogP contribution in [0.15, 0.2) is 90.0 Å². The van der Waals surface area contributed by atoms with Crippen molar-refractivity contribution in [3.05, 3.63) is 118 Å². The molecule has 4 atom stereocenters. The Labute approximate surface area is 280 Å². The van der Waals surface area contributed by atoms with Gasteiger partial charge in [0.25, 0.3) is 5.56 Å². The van der Waals surface area contributed by atoms with Crippen LogP contribution in [0.3, 0.4) is 0 Å². The van der Waals surface area contributed by atoms with Crippen LogP contribution in [0.1, 0.15) is 41.7 Å². The minimum atomic E-state index is -1.27. The number of hydrogen-bond donors (Lipinski definition) is 4. The fourth-order valence-corrected chi connectivity index (χ4v) is 7.34. The van der Waals surface area contributed by atoms with E-state index in [1.807, 2.05) is 78.9 Å². The highest BCUT2D eigenvalue weighted by atomic mass is 32.2. The van der Waals surface area contributed by atoms with Crippen molar-refractivity contribution in [1.82, 2.24) is 19.5 Å². The second kappa shape index (κ2) is 13.1. The van der Waals surface area contributed by atoms with Gasteiger partial charge in [0.1, 0.15) is 39.8 Å². The number of aliphatic hydroxyl groups excluding tert-OH is 2. The van der Waals surface area contributed by atoms with Crippen LogP contribution < -0.4 is 20.8 Å². The number of carbonyl (C=O) groups is 1. The van der Waals surface area contributed by atoms with Crippen molar-refractivity contribution in [1.29, 1.82) is 0 Å². The number of carbonyl (C=O) groups excluding carboxylic acids is 1. The van der Waals surface area contributed by atoms with Gasteiger partial charge in [-0.25, -0.2) is 9.97 Å². The summed E-state index contributed by atoms with van der Waals surface area (Å²) < 4.78 is 19.4. The molecule has 1 fully saturated rings. The average molecular weight is 672 g/mol. The van der Waals surface area contributed by atoms with Crippen LogP contribution in [-0.4, -0.2) is 73.9 Å². The third-order valence-corrected chi connectivity index (χ3v) is 10.4. The molecule has 1 aliphatic rings. The molecule has 3 aromatic carbocycles. The SMILES string of the molecule is COc1ccc(C(OC[C@H]2S[C@@H](n3cnc4c(=O)[nH]c(C(C)(C)C(N)=O)nc43)[C@H](O)[C@@H]2O)(c2ccccc2)c2ccc(OC)cc2)cc1. The zero-order valence-corrected chi connectivity index (χ0v) is 27.7. The number of benzene rings is 3. The Bertz CT molecular complexity index is 1910. The maximum Gasteiger partial charge on any atom is 0.279 e. The zero-order chi connectivity index (χ0) is 34.2. The molecule has 5 N–H and O–H groups in total. The van der Waals surface area contributed by atoms with E-state index >= 15 is 0 Å². The first-order chi connectivity index (χ1) is 23.0. The number of rotatable bonds is 11. The number of fused-ring (bicyclic) bond motifs is 1. The van der Waals surface area contributed by atoms with E-state index in [0.717, 1.165) is 16.7 Å². The molecule has 0 saturated carbocycles. The number of ether oxygens (including phenoxy) is 3. The van der Waals surface area contributed by atoms with E-state index in [4.69, 9.17) is 19.9 Å². The number of H-pyrrole nitrogens is 1. The fourth-order valence-electron chi connectivity index (χ4n) is 5.90. The Hall–Kier alpha value is -4.69. The van der Waals surface area contributed by atoms with Crippen LogP contribution in [0.5, 0.6) is 11.5 Å². The Kier molecular flexibility index (Phi) is 9.05. The lowest BCUT2D eigenvalue weighted by Gasteiger charge is -2.37. The van der Waals surface area contributed by atoms with Crippen LogP contribution in [0.4, 0.5) is 0 Å². The number of nitrogens with zero attached hydrogens (tertiary/aromatic N) is 3. The smallest absolute Gasteiger partial charge is 0.279 e. The standard InChI is InChI=1S/C35H37N5O7S/c1-34(2,32(36)44)33-38-29-26(30(43)39-33)37-19-40(29)31-28(42)27(41)25(48-31)18-47-35(20-8-6-5-7-9-20,21-10-14-23(45-3)15-11-21)22-12-16-24(46-4)17-13-22/h5-17,19,25,27-28,31,41-42H,18H2,1-4H3,(H2,36,44)(H,38,39,43)/t25-,27-,28-,31-/m1/s1. The second-order valence-corrected chi connectivity index (χ2v) is 13.4. The van der Waals surface area contributed by atoms with Gasteiger partial charge < -0.3 is 35.1 Å². The second-order valence-electron chi connectivity index (χ2n) is 12.1. The first-order valence-corrected chi connectivity index (χ1v) is 16.2. The molecule has 0 bridgehead atoms. The fraction of sp³-hybridized carbons (Fsp3) is 0.314. The predicted molar refractivity (Wildman–Crippen MR) is 181 cm³/mol. The van der Waals surface area contributed by atoms with Crippen LogP contribution >= 0.6 is 11.8 Å². The van der Waals surface area contributed by atoms with Gasteiger partial charge >= 0.3 is 0 Å². The highest BCUT2D eigenvalue weighted by molar-refractivity contribution is 8.00. The topological polar surface area (TPSA) is 175 Å². The lowest BCUT2D eigenvalue weighted by molar-refractivity contribution is -0.122. The normalized spacial score (nSPS) is 19.8. The van der Waals surface area contributed by atoms with Gasteiger partial charge in [-0.15, -0.1) is 11.8 Å². The molecule has 12 nitrogen and oxygen atoms in total. The minimum absolute atomic E-state index is 0.0208. The first kappa shape index (κ1) is 33.2. The quantitative estimate of drug-likeness (QED) is 0.153. The molecule has 1 amide bonds. The van der Waals surface area contributed by atoms with Crippen LogP contribution in [0.25, 0.3) is 11.2 Å². The summed E-state index contributed by atoms with van der Waals surface area (Å²) in [6.45, 7) is 3.13. The van der Waals surface area contributed by atoms with Crippen molar-refractivity contribution in [2.75, 3.05) is 20.8 Å². The molecule has 2 aromatic heterocycles. The number of methoxy groups -OCH3 is 2. The lowest BCUT2D eigenvalue weighted by atomic mass is 9.80. The van der Waals surface area contributed by atoms with Crippen molar-refractivity contribution < 1.29 is 29.2 Å². The predicted octanol–water partition coefficient (Wildman–Crippen LogP) is 3.24. The molecule has 0 aliphatic carbocycles. The molecule has 1 aliphatic heterocycles. The Morgan fingerprint density at radius 1 is 0.917 bits per heavy atom. The van der Waals surface area contributed by atoms with Crippen molar-refractivity contribution in [2.24, 2.45) is 5.73 Å². The number of aromatic amines is 1. The van der Waals surface area contributed by atoms with Crippen LogP contribution in [-0.2, 0) is 20.5 Å². The number of aliphatic hydroxyl groups is 2. The minimum Gasteiger partial charge on any atom is -0.497 e. The van der Waals surface area contributed by atoms with Gasteiger partial charge in [0.15, 0.2) is 11.2 Å². The summed E-state index contributed by atoms with van der Waals surface area (Å²) in [7, 11) is 3.21. The van der Waals surface area contributed by atoms with E-state index in [2.05, 4.69) is 15.0 Å². The number of nitrogens with two attached hydrogens (primary N) is 1. The molecule has 13 heteroatoms. The third kappa shape index (κ3) is 5.72. The monoisotopic (exact) mass is 671 g/mol. The highest BCUT2D eigenvalue weighted by Gasteiger charge is 2.47. The van der Waals surface area contributed by atoms with E-state index in [9.17, 15) is 19.8 Å². The Balaban J connectivity index is 1.39. The summed E-state index contributed by atoms with van der Waals surface area (Å²) in [4.78, 5) is 36.4. The molecule has 48 heavy (non-hydrogen) atoms. The summed E-state index contributed by atoms with van der Waals surface area (Å²) in [5.74, 6) is 0.768. The highest BCUT2D eigenvalue weighted by Crippen LogP contribution is 2.46. The van der Waals surface area contributed by atoms with E-state index in [1.54, 1.807) is 32.6 Å². The van der Waals surface area contributed by atoms with Crippen molar-refractivity contribution in [3.8, 4) is 11.5 Å². The molecule has 1 saturated heterocycles. The van der Waals surface area contributed by atoms with Crippen molar-refractivity contribution in [2.45, 2.75) is 47.7 Å². The average Bonchev–Trinajstić information content (AvgIpc) is 3.66. The third-order valence-electron chi connectivity index (χ3n) is 8.89. The molecular formula is C35H37N5O7S. The summed E-state index contributed by atoms with van der Waals surface area (Å²) in [6, 6.07) is 25.0. The summed E-state index contributed by atoms with van der Waals surface area (Å²) in [5.41, 5.74) is 5.32. The van der Waals surface area contributed by atoms with Crippen molar-refractivity contribution >= 4 is 28.8 Å². The Morgan fingerprint density at radius 3 is 2.02 bits per heavy atom.